The standard InChI is InChI=1S/C11H12ClO5P/c1-17-11(13)9(7-18(14,15)16)6-8-2-4-10(12)5-3-8/h2-6H,7H2,1H3,(H2,14,15,16)/b9-6+. The van der Waals surface area contributed by atoms with E-state index in [1.54, 1.807) is 24.3 Å². The Kier molecular flexibility index (Phi) is 5.11. The van der Waals surface area contributed by atoms with E-state index in [-0.39, 0.29) is 5.57 Å². The van der Waals surface area contributed by atoms with Crippen molar-refractivity contribution in [2.24, 2.45) is 0 Å². The minimum absolute atomic E-state index is 0.0897. The zero-order chi connectivity index (χ0) is 13.8. The van der Waals surface area contributed by atoms with Crippen molar-refractivity contribution in [3.05, 3.63) is 40.4 Å². The molecule has 0 aliphatic carbocycles. The Hall–Kier alpha value is -1.13. The first kappa shape index (κ1) is 14.9. The molecule has 7 heteroatoms. The SMILES string of the molecule is COC(=O)/C(=C/c1ccc(Cl)cc1)CP(=O)(O)O. The van der Waals surface area contributed by atoms with E-state index < -0.39 is 19.7 Å². The molecule has 0 unspecified atom stereocenters. The van der Waals surface area contributed by atoms with Crippen molar-refractivity contribution < 1.29 is 23.9 Å². The molecule has 98 valence electrons. The molecule has 1 aromatic carbocycles. The zero-order valence-electron chi connectivity index (χ0n) is 9.54. The maximum Gasteiger partial charge on any atom is 0.334 e. The van der Waals surface area contributed by atoms with E-state index in [4.69, 9.17) is 21.4 Å². The summed E-state index contributed by atoms with van der Waals surface area (Å²) in [4.78, 5) is 29.2. The summed E-state index contributed by atoms with van der Waals surface area (Å²) in [5, 5.41) is 0.529. The highest BCUT2D eigenvalue weighted by molar-refractivity contribution is 7.52. The minimum Gasteiger partial charge on any atom is -0.466 e. The van der Waals surface area contributed by atoms with Crippen LogP contribution >= 0.6 is 19.2 Å². The number of carbonyl (C=O) groups is 1. The lowest BCUT2D eigenvalue weighted by atomic mass is 10.1. The number of rotatable bonds is 4. The van der Waals surface area contributed by atoms with Gasteiger partial charge in [-0.15, -0.1) is 0 Å². The third kappa shape index (κ3) is 5.02. The second-order valence-corrected chi connectivity index (χ2v) is 5.62. The third-order valence-corrected chi connectivity index (χ3v) is 3.04. The van der Waals surface area contributed by atoms with E-state index in [1.807, 2.05) is 0 Å². The fourth-order valence-electron chi connectivity index (χ4n) is 1.28. The summed E-state index contributed by atoms with van der Waals surface area (Å²) in [6, 6.07) is 6.48. The van der Waals surface area contributed by atoms with Gasteiger partial charge in [0.25, 0.3) is 0 Å². The Labute approximate surface area is 109 Å². The maximum atomic E-state index is 11.4. The molecule has 0 bridgehead atoms. The summed E-state index contributed by atoms with van der Waals surface area (Å²) >= 11 is 5.71. The predicted octanol–water partition coefficient (Wildman–Crippen LogP) is 2.07. The molecule has 0 atom stereocenters. The fourth-order valence-corrected chi connectivity index (χ4v) is 2.07. The first-order valence-electron chi connectivity index (χ1n) is 4.91. The number of methoxy groups -OCH3 is 1. The maximum absolute atomic E-state index is 11.4. The summed E-state index contributed by atoms with van der Waals surface area (Å²) in [7, 11) is -3.18. The second kappa shape index (κ2) is 6.16. The van der Waals surface area contributed by atoms with Crippen LogP contribution in [0.15, 0.2) is 29.8 Å². The zero-order valence-corrected chi connectivity index (χ0v) is 11.2. The van der Waals surface area contributed by atoms with Crippen molar-refractivity contribution in [1.82, 2.24) is 0 Å². The quantitative estimate of drug-likeness (QED) is 0.504. The number of hydrogen-bond acceptors (Lipinski definition) is 3. The highest BCUT2D eigenvalue weighted by atomic mass is 35.5. The third-order valence-electron chi connectivity index (χ3n) is 2.03. The van der Waals surface area contributed by atoms with Crippen LogP contribution in [0.2, 0.25) is 5.02 Å². The normalized spacial score (nSPS) is 12.3. The predicted molar refractivity (Wildman–Crippen MR) is 68.4 cm³/mol. The van der Waals surface area contributed by atoms with Gasteiger partial charge >= 0.3 is 13.6 Å². The minimum atomic E-state index is -4.33. The molecule has 1 rings (SSSR count). The van der Waals surface area contributed by atoms with Gasteiger partial charge < -0.3 is 14.5 Å². The average Bonchev–Trinajstić information content (AvgIpc) is 2.28. The Morgan fingerprint density at radius 3 is 2.39 bits per heavy atom. The summed E-state index contributed by atoms with van der Waals surface area (Å²) < 4.78 is 15.4. The van der Waals surface area contributed by atoms with Crippen molar-refractivity contribution in [1.29, 1.82) is 0 Å². The molecule has 0 radical (unpaired) electrons. The second-order valence-electron chi connectivity index (χ2n) is 3.54. The lowest BCUT2D eigenvalue weighted by Crippen LogP contribution is -2.08. The van der Waals surface area contributed by atoms with Crippen molar-refractivity contribution >= 4 is 31.2 Å². The van der Waals surface area contributed by atoms with Crippen LogP contribution in [0.4, 0.5) is 0 Å². The highest BCUT2D eigenvalue weighted by Gasteiger charge is 2.21. The Morgan fingerprint density at radius 2 is 1.94 bits per heavy atom. The van der Waals surface area contributed by atoms with Crippen LogP contribution in [0.25, 0.3) is 6.08 Å². The molecule has 0 aliphatic heterocycles. The van der Waals surface area contributed by atoms with Gasteiger partial charge in [-0.3, -0.25) is 4.57 Å². The molecular formula is C11H12ClO5P. The summed E-state index contributed by atoms with van der Waals surface area (Å²) in [5.41, 5.74) is 0.515. The van der Waals surface area contributed by atoms with E-state index in [0.29, 0.717) is 10.6 Å². The summed E-state index contributed by atoms with van der Waals surface area (Å²) in [6.07, 6.45) is 0.698. The van der Waals surface area contributed by atoms with Crippen LogP contribution < -0.4 is 0 Å². The molecule has 0 fully saturated rings. The highest BCUT2D eigenvalue weighted by Crippen LogP contribution is 2.37. The Bertz CT molecular complexity index is 503. The van der Waals surface area contributed by atoms with Crippen LogP contribution in [0.5, 0.6) is 0 Å². The Morgan fingerprint density at radius 1 is 1.39 bits per heavy atom. The Balaban J connectivity index is 3.06. The van der Waals surface area contributed by atoms with Crippen LogP contribution in [0.3, 0.4) is 0 Å². The monoisotopic (exact) mass is 290 g/mol. The molecule has 2 N–H and O–H groups in total. The van der Waals surface area contributed by atoms with Crippen molar-refractivity contribution in [2.75, 3.05) is 13.3 Å². The molecule has 18 heavy (non-hydrogen) atoms. The molecule has 0 amide bonds. The number of benzene rings is 1. The largest absolute Gasteiger partial charge is 0.466 e. The summed E-state index contributed by atoms with van der Waals surface area (Å²) in [6.45, 7) is 0. The van der Waals surface area contributed by atoms with Crippen molar-refractivity contribution in [3.8, 4) is 0 Å². The van der Waals surface area contributed by atoms with E-state index in [2.05, 4.69) is 4.74 Å². The topological polar surface area (TPSA) is 83.8 Å². The van der Waals surface area contributed by atoms with E-state index in [9.17, 15) is 9.36 Å². The van der Waals surface area contributed by atoms with Gasteiger partial charge in [0.05, 0.1) is 13.3 Å². The van der Waals surface area contributed by atoms with Crippen molar-refractivity contribution in [2.45, 2.75) is 0 Å². The summed E-state index contributed by atoms with van der Waals surface area (Å²) in [5.74, 6) is -0.770. The molecule has 0 aromatic heterocycles. The number of carbonyl (C=O) groups excluding carboxylic acids is 1. The molecule has 5 nitrogen and oxygen atoms in total. The molecule has 0 heterocycles. The first-order chi connectivity index (χ1) is 8.31. The van der Waals surface area contributed by atoms with Gasteiger partial charge in [-0.1, -0.05) is 23.7 Å². The van der Waals surface area contributed by atoms with Gasteiger partial charge in [0, 0.05) is 10.6 Å². The molecule has 0 spiro atoms. The van der Waals surface area contributed by atoms with Gasteiger partial charge in [0.1, 0.15) is 0 Å². The van der Waals surface area contributed by atoms with E-state index in [1.165, 1.54) is 6.08 Å². The van der Waals surface area contributed by atoms with Gasteiger partial charge in [-0.25, -0.2) is 4.79 Å². The van der Waals surface area contributed by atoms with Gasteiger partial charge in [-0.05, 0) is 23.8 Å². The number of ether oxygens (including phenoxy) is 1. The molecular weight excluding hydrogens is 279 g/mol. The molecule has 0 aliphatic rings. The fraction of sp³-hybridized carbons (Fsp3) is 0.182. The van der Waals surface area contributed by atoms with Crippen LogP contribution in [-0.2, 0) is 14.1 Å². The number of halogens is 1. The number of esters is 1. The van der Waals surface area contributed by atoms with Crippen LogP contribution in [0, 0.1) is 0 Å². The lowest BCUT2D eigenvalue weighted by Gasteiger charge is -2.07. The van der Waals surface area contributed by atoms with Gasteiger partial charge in [0.15, 0.2) is 0 Å². The number of hydrogen-bond donors (Lipinski definition) is 2. The van der Waals surface area contributed by atoms with Gasteiger partial charge in [-0.2, -0.15) is 0 Å². The van der Waals surface area contributed by atoms with E-state index >= 15 is 0 Å². The van der Waals surface area contributed by atoms with Crippen LogP contribution in [-0.4, -0.2) is 29.0 Å². The molecule has 0 saturated heterocycles. The average molecular weight is 291 g/mol. The van der Waals surface area contributed by atoms with Gasteiger partial charge in [0.2, 0.25) is 0 Å². The van der Waals surface area contributed by atoms with Crippen molar-refractivity contribution in [3.63, 3.8) is 0 Å². The smallest absolute Gasteiger partial charge is 0.334 e. The molecule has 1 aromatic rings. The van der Waals surface area contributed by atoms with Crippen LogP contribution in [0.1, 0.15) is 5.56 Å². The first-order valence-corrected chi connectivity index (χ1v) is 7.08. The lowest BCUT2D eigenvalue weighted by molar-refractivity contribution is -0.135. The molecule has 0 saturated carbocycles. The van der Waals surface area contributed by atoms with E-state index in [0.717, 1.165) is 7.11 Å².